The van der Waals surface area contributed by atoms with Gasteiger partial charge < -0.3 is 20.7 Å². The van der Waals surface area contributed by atoms with Gasteiger partial charge in [0.15, 0.2) is 0 Å². The highest BCUT2D eigenvalue weighted by Gasteiger charge is 2.26. The van der Waals surface area contributed by atoms with E-state index in [9.17, 15) is 4.79 Å². The molecule has 1 aromatic heterocycles. The van der Waals surface area contributed by atoms with E-state index >= 15 is 0 Å². The first-order valence-corrected chi connectivity index (χ1v) is 7.77. The summed E-state index contributed by atoms with van der Waals surface area (Å²) in [6.07, 6.45) is 3.43. The van der Waals surface area contributed by atoms with Crippen LogP contribution in [0.2, 0.25) is 0 Å². The minimum absolute atomic E-state index is 0.215. The Hall–Kier alpha value is -1.98. The molecule has 6 nitrogen and oxygen atoms in total. The van der Waals surface area contributed by atoms with Crippen LogP contribution in [0.5, 0.6) is 0 Å². The van der Waals surface area contributed by atoms with Crippen molar-refractivity contribution in [3.05, 3.63) is 18.3 Å². The van der Waals surface area contributed by atoms with Crippen LogP contribution in [0.1, 0.15) is 33.6 Å². The zero-order chi connectivity index (χ0) is 16.2. The van der Waals surface area contributed by atoms with Crippen LogP contribution in [0.15, 0.2) is 18.3 Å². The maximum Gasteiger partial charge on any atom is 0.410 e. The molecule has 2 rings (SSSR count). The minimum atomic E-state index is -0.438. The lowest BCUT2D eigenvalue weighted by Gasteiger charge is -2.33. The Bertz CT molecular complexity index is 505. The molecule has 1 saturated heterocycles. The number of ether oxygens (including phenoxy) is 1. The molecule has 1 fully saturated rings. The molecule has 0 bridgehead atoms. The van der Waals surface area contributed by atoms with Crippen LogP contribution in [-0.4, -0.2) is 41.2 Å². The van der Waals surface area contributed by atoms with Gasteiger partial charge >= 0.3 is 6.09 Å². The molecule has 122 valence electrons. The van der Waals surface area contributed by atoms with Crippen molar-refractivity contribution in [3.63, 3.8) is 0 Å². The molecule has 1 aromatic rings. The summed E-state index contributed by atoms with van der Waals surface area (Å²) in [5, 5.41) is 3.29. The number of carbonyl (C=O) groups excluding carboxylic acids is 1. The van der Waals surface area contributed by atoms with Crippen molar-refractivity contribution < 1.29 is 9.53 Å². The maximum absolute atomic E-state index is 12.0. The number of anilines is 2. The van der Waals surface area contributed by atoms with Crippen LogP contribution in [0, 0.1) is 5.92 Å². The van der Waals surface area contributed by atoms with Gasteiger partial charge in [0.25, 0.3) is 0 Å². The number of rotatable bonds is 3. The highest BCUT2D eigenvalue weighted by Crippen LogP contribution is 2.21. The Kier molecular flexibility index (Phi) is 5.11. The summed E-state index contributed by atoms with van der Waals surface area (Å²) >= 11 is 0. The fourth-order valence-corrected chi connectivity index (χ4v) is 2.45. The Balaban J connectivity index is 1.76. The van der Waals surface area contributed by atoms with Crippen LogP contribution in [0.4, 0.5) is 16.3 Å². The third kappa shape index (κ3) is 4.79. The highest BCUT2D eigenvalue weighted by atomic mass is 16.6. The summed E-state index contributed by atoms with van der Waals surface area (Å²) in [5.74, 6) is 1.25. The van der Waals surface area contributed by atoms with Gasteiger partial charge in [-0.2, -0.15) is 0 Å². The van der Waals surface area contributed by atoms with E-state index in [-0.39, 0.29) is 6.09 Å². The first-order valence-electron chi connectivity index (χ1n) is 7.77. The van der Waals surface area contributed by atoms with E-state index in [1.807, 2.05) is 32.9 Å². The Labute approximate surface area is 132 Å². The molecule has 0 aromatic carbocycles. The predicted molar refractivity (Wildman–Crippen MR) is 87.7 cm³/mol. The second-order valence-corrected chi connectivity index (χ2v) is 6.73. The number of aromatic nitrogens is 1. The third-order valence-corrected chi connectivity index (χ3v) is 3.66. The van der Waals surface area contributed by atoms with E-state index in [0.29, 0.717) is 11.6 Å². The molecule has 0 radical (unpaired) electrons. The molecule has 0 saturated carbocycles. The largest absolute Gasteiger partial charge is 0.444 e. The highest BCUT2D eigenvalue weighted by molar-refractivity contribution is 5.68. The summed E-state index contributed by atoms with van der Waals surface area (Å²) in [6, 6.07) is 3.65. The minimum Gasteiger partial charge on any atom is -0.444 e. The van der Waals surface area contributed by atoms with E-state index in [1.54, 1.807) is 11.1 Å². The quantitative estimate of drug-likeness (QED) is 0.897. The Morgan fingerprint density at radius 3 is 2.73 bits per heavy atom. The smallest absolute Gasteiger partial charge is 0.410 e. The first-order chi connectivity index (χ1) is 10.3. The van der Waals surface area contributed by atoms with Crippen molar-refractivity contribution in [3.8, 4) is 0 Å². The first kappa shape index (κ1) is 16.4. The van der Waals surface area contributed by atoms with Crippen molar-refractivity contribution in [2.24, 2.45) is 5.92 Å². The summed E-state index contributed by atoms with van der Waals surface area (Å²) in [7, 11) is 0. The number of hydrogen-bond donors (Lipinski definition) is 2. The average molecular weight is 306 g/mol. The number of piperidine rings is 1. The fraction of sp³-hybridized carbons (Fsp3) is 0.625. The number of nitrogens with two attached hydrogens (primary N) is 1. The number of hydrogen-bond acceptors (Lipinski definition) is 5. The molecular formula is C16H26N4O2. The van der Waals surface area contributed by atoms with E-state index < -0.39 is 5.60 Å². The van der Waals surface area contributed by atoms with Gasteiger partial charge in [0, 0.05) is 25.8 Å². The third-order valence-electron chi connectivity index (χ3n) is 3.66. The summed E-state index contributed by atoms with van der Waals surface area (Å²) in [4.78, 5) is 18.0. The summed E-state index contributed by atoms with van der Waals surface area (Å²) in [5.41, 5.74) is 6.08. The number of carbonyl (C=O) groups is 1. The molecule has 2 heterocycles. The van der Waals surface area contributed by atoms with Gasteiger partial charge in [-0.1, -0.05) is 0 Å². The molecule has 22 heavy (non-hydrogen) atoms. The van der Waals surface area contributed by atoms with Crippen LogP contribution >= 0.6 is 0 Å². The lowest BCUT2D eigenvalue weighted by atomic mass is 9.97. The van der Waals surface area contributed by atoms with Gasteiger partial charge in [-0.05, 0) is 51.7 Å². The van der Waals surface area contributed by atoms with Gasteiger partial charge in [0.2, 0.25) is 0 Å². The zero-order valence-electron chi connectivity index (χ0n) is 13.6. The molecule has 1 amide bonds. The number of nitrogen functional groups attached to an aromatic ring is 1. The van der Waals surface area contributed by atoms with Crippen LogP contribution < -0.4 is 11.1 Å². The lowest BCUT2D eigenvalue weighted by Crippen LogP contribution is -2.42. The molecule has 0 atom stereocenters. The van der Waals surface area contributed by atoms with E-state index in [2.05, 4.69) is 10.3 Å². The van der Waals surface area contributed by atoms with E-state index in [1.165, 1.54) is 0 Å². The van der Waals surface area contributed by atoms with Crippen LogP contribution in [-0.2, 0) is 4.74 Å². The molecule has 0 unspecified atom stereocenters. The van der Waals surface area contributed by atoms with Gasteiger partial charge in [-0.3, -0.25) is 0 Å². The molecule has 6 heteroatoms. The molecule has 3 N–H and O–H groups in total. The molecule has 1 aliphatic rings. The number of pyridine rings is 1. The second-order valence-electron chi connectivity index (χ2n) is 6.73. The van der Waals surface area contributed by atoms with E-state index in [0.717, 1.165) is 38.3 Å². The topological polar surface area (TPSA) is 80.5 Å². The van der Waals surface area contributed by atoms with Crippen LogP contribution in [0.25, 0.3) is 0 Å². The van der Waals surface area contributed by atoms with Crippen molar-refractivity contribution in [2.45, 2.75) is 39.2 Å². The average Bonchev–Trinajstić information content (AvgIpc) is 2.45. The van der Waals surface area contributed by atoms with Gasteiger partial charge in [-0.15, -0.1) is 0 Å². The standard InChI is InChI=1S/C16H26N4O2/c1-16(2,3)22-15(21)20-9-6-12(7-10-20)11-19-14-13(17)5-4-8-18-14/h4-5,8,12H,6-7,9-11,17H2,1-3H3,(H,18,19). The second kappa shape index (κ2) is 6.85. The van der Waals surface area contributed by atoms with Gasteiger partial charge in [0.1, 0.15) is 11.4 Å². The van der Waals surface area contributed by atoms with Crippen molar-refractivity contribution in [2.75, 3.05) is 30.7 Å². The van der Waals surface area contributed by atoms with Crippen molar-refractivity contribution in [1.82, 2.24) is 9.88 Å². The molecular weight excluding hydrogens is 280 g/mol. The Morgan fingerprint density at radius 2 is 2.14 bits per heavy atom. The van der Waals surface area contributed by atoms with Crippen LogP contribution in [0.3, 0.4) is 0 Å². The molecule has 0 spiro atoms. The monoisotopic (exact) mass is 306 g/mol. The zero-order valence-corrected chi connectivity index (χ0v) is 13.6. The maximum atomic E-state index is 12.0. The predicted octanol–water partition coefficient (Wildman–Crippen LogP) is 2.72. The Morgan fingerprint density at radius 1 is 1.45 bits per heavy atom. The number of likely N-dealkylation sites (tertiary alicyclic amines) is 1. The lowest BCUT2D eigenvalue weighted by molar-refractivity contribution is 0.0188. The summed E-state index contributed by atoms with van der Waals surface area (Å²) < 4.78 is 5.40. The SMILES string of the molecule is CC(C)(C)OC(=O)N1CCC(CNc2ncccc2N)CC1. The molecule has 1 aliphatic heterocycles. The number of nitrogens with zero attached hydrogens (tertiary/aromatic N) is 2. The normalized spacial score (nSPS) is 16.4. The number of nitrogens with one attached hydrogen (secondary N) is 1. The van der Waals surface area contributed by atoms with E-state index in [4.69, 9.17) is 10.5 Å². The van der Waals surface area contributed by atoms with Crippen molar-refractivity contribution >= 4 is 17.6 Å². The van der Waals surface area contributed by atoms with Gasteiger partial charge in [-0.25, -0.2) is 9.78 Å². The summed E-state index contributed by atoms with van der Waals surface area (Å²) in [6.45, 7) is 7.96. The fourth-order valence-electron chi connectivity index (χ4n) is 2.45. The van der Waals surface area contributed by atoms with Crippen molar-refractivity contribution in [1.29, 1.82) is 0 Å². The van der Waals surface area contributed by atoms with Gasteiger partial charge in [0.05, 0.1) is 5.69 Å². The molecule has 0 aliphatic carbocycles. The number of amides is 1.